The van der Waals surface area contributed by atoms with Crippen LogP contribution in [-0.2, 0) is 0 Å². The van der Waals surface area contributed by atoms with E-state index in [1.165, 1.54) is 0 Å². The number of imidazole rings is 1. The molecule has 1 rings (SSSR count). The average Bonchev–Trinajstić information content (AvgIpc) is 2.69. The third-order valence-electron chi connectivity index (χ3n) is 2.47. The summed E-state index contributed by atoms with van der Waals surface area (Å²) in [6.45, 7) is 12.0. The van der Waals surface area contributed by atoms with E-state index in [2.05, 4.69) is 35.7 Å². The first kappa shape index (κ1) is 12.7. The lowest BCUT2D eigenvalue weighted by Crippen LogP contribution is -2.20. The maximum Gasteiger partial charge on any atom is 0.111 e. The molecule has 0 spiro atoms. The Bertz CT molecular complexity index is 363. The van der Waals surface area contributed by atoms with Gasteiger partial charge in [0.05, 0.1) is 11.4 Å². The molecule has 1 unspecified atom stereocenters. The molecule has 1 aromatic rings. The Hall–Kier alpha value is -1.35. The molecule has 0 amide bonds. The van der Waals surface area contributed by atoms with Crippen LogP contribution in [0.15, 0.2) is 12.7 Å². The van der Waals surface area contributed by atoms with Crippen molar-refractivity contribution in [2.24, 2.45) is 0 Å². The quantitative estimate of drug-likeness (QED) is 0.772. The summed E-state index contributed by atoms with van der Waals surface area (Å²) in [6, 6.07) is 0. The topological polar surface area (TPSA) is 40.7 Å². The predicted octanol–water partition coefficient (Wildman–Crippen LogP) is 2.80. The van der Waals surface area contributed by atoms with E-state index in [0.29, 0.717) is 5.92 Å². The number of hydrogen-bond donors (Lipinski definition) is 2. The van der Waals surface area contributed by atoms with Gasteiger partial charge in [0.15, 0.2) is 0 Å². The Labute approximate surface area is 97.7 Å². The number of rotatable bonds is 6. The van der Waals surface area contributed by atoms with E-state index in [4.69, 9.17) is 0 Å². The van der Waals surface area contributed by atoms with Crippen LogP contribution in [0.2, 0.25) is 0 Å². The molecule has 1 heterocycles. The third kappa shape index (κ3) is 3.07. The van der Waals surface area contributed by atoms with Gasteiger partial charge in [-0.15, -0.1) is 0 Å². The molecule has 0 bridgehead atoms. The number of nitrogens with one attached hydrogen (secondary N) is 2. The fourth-order valence-corrected chi connectivity index (χ4v) is 1.56. The summed E-state index contributed by atoms with van der Waals surface area (Å²) in [7, 11) is 0. The first-order chi connectivity index (χ1) is 7.72. The first-order valence-corrected chi connectivity index (χ1v) is 5.78. The zero-order chi connectivity index (χ0) is 12.0. The van der Waals surface area contributed by atoms with Crippen molar-refractivity contribution >= 4 is 12.2 Å². The van der Waals surface area contributed by atoms with Gasteiger partial charge in [0, 0.05) is 12.5 Å². The molecule has 0 aromatic carbocycles. The maximum atomic E-state index is 4.54. The zero-order valence-electron chi connectivity index (χ0n) is 10.4. The van der Waals surface area contributed by atoms with Crippen molar-refractivity contribution < 1.29 is 0 Å². The molecule has 16 heavy (non-hydrogen) atoms. The molecule has 0 fully saturated rings. The molecule has 1 aromatic heterocycles. The Kier molecular flexibility index (Phi) is 4.99. The Morgan fingerprint density at radius 1 is 1.56 bits per heavy atom. The minimum Gasteiger partial charge on any atom is -0.342 e. The second-order valence-electron chi connectivity index (χ2n) is 3.83. The predicted molar refractivity (Wildman–Crippen MR) is 70.3 cm³/mol. The molecule has 0 radical (unpaired) electrons. The second-order valence-corrected chi connectivity index (χ2v) is 3.83. The summed E-state index contributed by atoms with van der Waals surface area (Å²) in [6.07, 6.45) is 5.81. The number of likely N-dealkylation sites (N-methyl/N-ethyl adjacent to an activating group) is 1. The van der Waals surface area contributed by atoms with Gasteiger partial charge in [-0.25, -0.2) is 4.98 Å². The Balaban J connectivity index is 2.84. The minimum atomic E-state index is 0.387. The van der Waals surface area contributed by atoms with Gasteiger partial charge in [-0.1, -0.05) is 26.5 Å². The molecule has 88 valence electrons. The van der Waals surface area contributed by atoms with Crippen LogP contribution in [0.4, 0.5) is 0 Å². The smallest absolute Gasteiger partial charge is 0.111 e. The first-order valence-electron chi connectivity index (χ1n) is 5.78. The van der Waals surface area contributed by atoms with Crippen LogP contribution in [0, 0.1) is 0 Å². The highest BCUT2D eigenvalue weighted by Crippen LogP contribution is 2.16. The lowest BCUT2D eigenvalue weighted by atomic mass is 10.2. The van der Waals surface area contributed by atoms with Gasteiger partial charge in [-0.3, -0.25) is 0 Å². The zero-order valence-corrected chi connectivity index (χ0v) is 10.4. The number of aromatic nitrogens is 2. The van der Waals surface area contributed by atoms with E-state index in [9.17, 15) is 0 Å². The normalized spacial score (nSPS) is 13.2. The largest absolute Gasteiger partial charge is 0.342 e. The van der Waals surface area contributed by atoms with Crippen LogP contribution in [0.1, 0.15) is 43.9 Å². The van der Waals surface area contributed by atoms with Gasteiger partial charge < -0.3 is 10.3 Å². The molecule has 2 N–H and O–H groups in total. The maximum absolute atomic E-state index is 4.54. The van der Waals surface area contributed by atoms with Crippen molar-refractivity contribution in [3.63, 3.8) is 0 Å². The summed E-state index contributed by atoms with van der Waals surface area (Å²) in [5.41, 5.74) is 1.97. The monoisotopic (exact) mass is 219 g/mol. The fraction of sp³-hybridized carbons (Fsp3) is 0.462. The lowest BCUT2D eigenvalue weighted by Gasteiger charge is -2.07. The standard InChI is InChI=1S/C13H21N3/c1-5-8-12-11(6-2)15-13(16-12)10(4)9-14-7-3/h5-6,8,10,14H,2,7,9H2,1,3-4H3,(H,15,16)/b8-5-. The highest BCUT2D eigenvalue weighted by Gasteiger charge is 2.11. The van der Waals surface area contributed by atoms with Gasteiger partial charge in [-0.05, 0) is 25.6 Å². The van der Waals surface area contributed by atoms with Crippen LogP contribution >= 0.6 is 0 Å². The SMILES string of the molecule is C=Cc1nc(C(C)CNCC)[nH]c1/C=C\C. The summed E-state index contributed by atoms with van der Waals surface area (Å²) < 4.78 is 0. The van der Waals surface area contributed by atoms with Gasteiger partial charge in [-0.2, -0.15) is 0 Å². The molecule has 0 saturated carbocycles. The van der Waals surface area contributed by atoms with Gasteiger partial charge in [0.2, 0.25) is 0 Å². The van der Waals surface area contributed by atoms with Gasteiger partial charge >= 0.3 is 0 Å². The fourth-order valence-electron chi connectivity index (χ4n) is 1.56. The van der Waals surface area contributed by atoms with E-state index < -0.39 is 0 Å². The molecule has 0 aliphatic carbocycles. The van der Waals surface area contributed by atoms with E-state index in [1.807, 2.05) is 19.1 Å². The van der Waals surface area contributed by atoms with Crippen LogP contribution in [0.5, 0.6) is 0 Å². The van der Waals surface area contributed by atoms with Crippen molar-refractivity contribution in [2.75, 3.05) is 13.1 Å². The summed E-state index contributed by atoms with van der Waals surface area (Å²) in [5, 5.41) is 3.32. The Morgan fingerprint density at radius 3 is 2.88 bits per heavy atom. The molecule has 0 aliphatic rings. The van der Waals surface area contributed by atoms with Crippen LogP contribution in [-0.4, -0.2) is 23.1 Å². The summed E-state index contributed by atoms with van der Waals surface area (Å²) in [5.74, 6) is 1.40. The van der Waals surface area contributed by atoms with E-state index in [1.54, 1.807) is 6.08 Å². The molecule has 3 nitrogen and oxygen atoms in total. The van der Waals surface area contributed by atoms with Gasteiger partial charge in [0.1, 0.15) is 5.82 Å². The molecule has 0 aliphatic heterocycles. The number of nitrogens with zero attached hydrogens (tertiary/aromatic N) is 1. The number of H-pyrrole nitrogens is 1. The third-order valence-corrected chi connectivity index (χ3v) is 2.47. The summed E-state index contributed by atoms with van der Waals surface area (Å²) in [4.78, 5) is 7.87. The van der Waals surface area contributed by atoms with Crippen molar-refractivity contribution in [2.45, 2.75) is 26.7 Å². The minimum absolute atomic E-state index is 0.387. The molecule has 0 saturated heterocycles. The molecular weight excluding hydrogens is 198 g/mol. The Morgan fingerprint density at radius 2 is 2.31 bits per heavy atom. The van der Waals surface area contributed by atoms with E-state index in [-0.39, 0.29) is 0 Å². The molecule has 1 atom stereocenters. The summed E-state index contributed by atoms with van der Waals surface area (Å²) >= 11 is 0. The molecular formula is C13H21N3. The van der Waals surface area contributed by atoms with Gasteiger partial charge in [0.25, 0.3) is 0 Å². The van der Waals surface area contributed by atoms with Crippen molar-refractivity contribution in [1.82, 2.24) is 15.3 Å². The van der Waals surface area contributed by atoms with Crippen LogP contribution in [0.25, 0.3) is 12.2 Å². The van der Waals surface area contributed by atoms with Crippen LogP contribution < -0.4 is 5.32 Å². The average molecular weight is 219 g/mol. The van der Waals surface area contributed by atoms with E-state index in [0.717, 1.165) is 30.3 Å². The van der Waals surface area contributed by atoms with E-state index >= 15 is 0 Å². The van der Waals surface area contributed by atoms with Crippen molar-refractivity contribution in [3.05, 3.63) is 29.9 Å². The number of allylic oxidation sites excluding steroid dienone is 1. The number of aromatic amines is 1. The number of hydrogen-bond acceptors (Lipinski definition) is 2. The van der Waals surface area contributed by atoms with Crippen molar-refractivity contribution in [1.29, 1.82) is 0 Å². The molecule has 3 heteroatoms. The van der Waals surface area contributed by atoms with Crippen LogP contribution in [0.3, 0.4) is 0 Å². The highest BCUT2D eigenvalue weighted by atomic mass is 15.0. The lowest BCUT2D eigenvalue weighted by molar-refractivity contribution is 0.613. The van der Waals surface area contributed by atoms with Crippen molar-refractivity contribution in [3.8, 4) is 0 Å². The highest BCUT2D eigenvalue weighted by molar-refractivity contribution is 5.58. The second kappa shape index (κ2) is 6.28.